The molecule has 100 valence electrons. The molecule has 4 N–H and O–H groups in total. The van der Waals surface area contributed by atoms with Gasteiger partial charge in [0.25, 0.3) is 0 Å². The quantitative estimate of drug-likeness (QED) is 0.296. The summed E-state index contributed by atoms with van der Waals surface area (Å²) in [7, 11) is 1.67. The zero-order valence-electron chi connectivity index (χ0n) is 10.9. The lowest BCUT2D eigenvalue weighted by Crippen LogP contribution is -2.32. The molecule has 0 saturated heterocycles. The fourth-order valence-corrected chi connectivity index (χ4v) is 1.79. The smallest absolute Gasteiger partial charge is 0.140 e. The molecule has 18 heavy (non-hydrogen) atoms. The number of nitrogens with two attached hydrogens (primary N) is 1. The van der Waals surface area contributed by atoms with Crippen LogP contribution in [0, 0.1) is 0 Å². The van der Waals surface area contributed by atoms with Gasteiger partial charge in [-0.25, -0.2) is 0 Å². The summed E-state index contributed by atoms with van der Waals surface area (Å²) in [5, 5.41) is 14.8. The average molecular weight is 251 g/mol. The molecule has 0 spiro atoms. The Kier molecular flexibility index (Phi) is 6.00. The van der Waals surface area contributed by atoms with Gasteiger partial charge in [-0.3, -0.25) is 0 Å². The van der Waals surface area contributed by atoms with Crippen molar-refractivity contribution in [1.29, 1.82) is 0 Å². The van der Waals surface area contributed by atoms with Crippen molar-refractivity contribution in [3.05, 3.63) is 29.8 Å². The Morgan fingerprint density at radius 2 is 2.22 bits per heavy atom. The van der Waals surface area contributed by atoms with Crippen molar-refractivity contribution in [2.45, 2.75) is 25.8 Å². The lowest BCUT2D eigenvalue weighted by atomic mass is 10.1. The summed E-state index contributed by atoms with van der Waals surface area (Å²) in [5.74, 6) is 1.15. The van der Waals surface area contributed by atoms with Crippen molar-refractivity contribution in [1.82, 2.24) is 5.32 Å². The summed E-state index contributed by atoms with van der Waals surface area (Å²) in [6.45, 7) is 2.82. The maximum atomic E-state index is 8.47. The first-order valence-corrected chi connectivity index (χ1v) is 5.99. The lowest BCUT2D eigenvalue weighted by molar-refractivity contribution is 0.316. The molecule has 0 aliphatic rings. The number of para-hydroxylation sites is 1. The predicted molar refractivity (Wildman–Crippen MR) is 72.2 cm³/mol. The Morgan fingerprint density at radius 1 is 1.50 bits per heavy atom. The van der Waals surface area contributed by atoms with Gasteiger partial charge in [0.05, 0.1) is 7.11 Å². The summed E-state index contributed by atoms with van der Waals surface area (Å²) >= 11 is 0. The highest BCUT2D eigenvalue weighted by atomic mass is 16.5. The minimum absolute atomic E-state index is 0.176. The van der Waals surface area contributed by atoms with E-state index in [9.17, 15) is 0 Å². The van der Waals surface area contributed by atoms with Crippen LogP contribution in [0.3, 0.4) is 0 Å². The van der Waals surface area contributed by atoms with E-state index in [0.717, 1.165) is 18.7 Å². The highest BCUT2D eigenvalue weighted by Crippen LogP contribution is 2.17. The third kappa shape index (κ3) is 4.63. The van der Waals surface area contributed by atoms with Gasteiger partial charge in [0.1, 0.15) is 11.6 Å². The molecule has 0 aliphatic carbocycles. The zero-order valence-corrected chi connectivity index (χ0v) is 10.9. The van der Waals surface area contributed by atoms with Crippen LogP contribution < -0.4 is 15.8 Å². The van der Waals surface area contributed by atoms with Crippen molar-refractivity contribution >= 4 is 5.84 Å². The molecule has 0 aromatic heterocycles. The molecule has 1 rings (SSSR count). The zero-order chi connectivity index (χ0) is 13.4. The highest BCUT2D eigenvalue weighted by molar-refractivity contribution is 5.80. The van der Waals surface area contributed by atoms with E-state index in [0.29, 0.717) is 6.42 Å². The largest absolute Gasteiger partial charge is 0.496 e. The van der Waals surface area contributed by atoms with Crippen LogP contribution in [0.2, 0.25) is 0 Å². The highest BCUT2D eigenvalue weighted by Gasteiger charge is 2.05. The molecule has 0 aliphatic heterocycles. The van der Waals surface area contributed by atoms with Crippen molar-refractivity contribution < 1.29 is 9.94 Å². The molecule has 0 saturated carbocycles. The van der Waals surface area contributed by atoms with Crippen LogP contribution in [0.5, 0.6) is 5.75 Å². The molecular formula is C13H21N3O2. The second-order valence-electron chi connectivity index (χ2n) is 4.21. The molecule has 5 nitrogen and oxygen atoms in total. The van der Waals surface area contributed by atoms with Crippen LogP contribution in [0.25, 0.3) is 0 Å². The van der Waals surface area contributed by atoms with Gasteiger partial charge < -0.3 is 21.0 Å². The first-order chi connectivity index (χ1) is 8.67. The third-order valence-corrected chi connectivity index (χ3v) is 2.72. The van der Waals surface area contributed by atoms with E-state index in [1.54, 1.807) is 7.11 Å². The molecule has 0 radical (unpaired) electrons. The fraction of sp³-hybridized carbons (Fsp3) is 0.462. The van der Waals surface area contributed by atoms with Crippen LogP contribution in [-0.4, -0.2) is 30.7 Å². The van der Waals surface area contributed by atoms with Gasteiger partial charge in [0, 0.05) is 12.5 Å². The Labute approximate surface area is 108 Å². The lowest BCUT2D eigenvalue weighted by Gasteiger charge is -2.13. The number of hydrogen-bond acceptors (Lipinski definition) is 4. The topological polar surface area (TPSA) is 79.9 Å². The second kappa shape index (κ2) is 7.55. The average Bonchev–Trinajstić information content (AvgIpc) is 2.39. The number of nitrogens with one attached hydrogen (secondary N) is 1. The van der Waals surface area contributed by atoms with Crippen LogP contribution in [0.1, 0.15) is 18.9 Å². The maximum Gasteiger partial charge on any atom is 0.140 e. The minimum Gasteiger partial charge on any atom is -0.496 e. The molecule has 1 atom stereocenters. The van der Waals surface area contributed by atoms with Crippen LogP contribution in [0.15, 0.2) is 29.4 Å². The van der Waals surface area contributed by atoms with E-state index >= 15 is 0 Å². The molecule has 0 bridgehead atoms. The number of benzene rings is 1. The van der Waals surface area contributed by atoms with E-state index in [4.69, 9.17) is 15.7 Å². The molecule has 1 aromatic rings. The number of oxime groups is 1. The van der Waals surface area contributed by atoms with Crippen LogP contribution in [-0.2, 0) is 6.42 Å². The molecule has 1 unspecified atom stereocenters. The van der Waals surface area contributed by atoms with E-state index < -0.39 is 0 Å². The maximum absolute atomic E-state index is 8.47. The number of methoxy groups -OCH3 is 1. The molecule has 0 heterocycles. The van der Waals surface area contributed by atoms with Gasteiger partial charge in [-0.05, 0) is 31.5 Å². The third-order valence-electron chi connectivity index (χ3n) is 2.72. The summed E-state index contributed by atoms with van der Waals surface area (Å²) in [6.07, 6.45) is 1.41. The Balaban J connectivity index is 2.37. The predicted octanol–water partition coefficient (Wildman–Crippen LogP) is 1.35. The van der Waals surface area contributed by atoms with Crippen molar-refractivity contribution in [3.8, 4) is 5.75 Å². The first-order valence-electron chi connectivity index (χ1n) is 5.99. The number of rotatable bonds is 7. The summed E-state index contributed by atoms with van der Waals surface area (Å²) in [6, 6.07) is 8.13. The van der Waals surface area contributed by atoms with E-state index in [1.807, 2.05) is 25.1 Å². The number of hydrogen-bond donors (Lipinski definition) is 3. The second-order valence-corrected chi connectivity index (χ2v) is 4.21. The standard InChI is InChI=1S/C13H21N3O2/c1-10(9-13(14)16-17)15-8-7-11-5-3-4-6-12(11)18-2/h3-6,10,15,17H,7-9H2,1-2H3,(H2,14,16). The molecule has 0 fully saturated rings. The monoisotopic (exact) mass is 251 g/mol. The van der Waals surface area contributed by atoms with Crippen molar-refractivity contribution in [3.63, 3.8) is 0 Å². The molecular weight excluding hydrogens is 230 g/mol. The van der Waals surface area contributed by atoms with E-state index in [-0.39, 0.29) is 11.9 Å². The molecule has 0 amide bonds. The van der Waals surface area contributed by atoms with Gasteiger partial charge in [0.15, 0.2) is 0 Å². The Hall–Kier alpha value is -1.75. The van der Waals surface area contributed by atoms with Gasteiger partial charge >= 0.3 is 0 Å². The van der Waals surface area contributed by atoms with Crippen molar-refractivity contribution in [2.24, 2.45) is 10.9 Å². The molecule has 1 aromatic carbocycles. The fourth-order valence-electron chi connectivity index (χ4n) is 1.79. The summed E-state index contributed by atoms with van der Waals surface area (Å²) < 4.78 is 5.28. The number of amidine groups is 1. The van der Waals surface area contributed by atoms with Crippen molar-refractivity contribution in [2.75, 3.05) is 13.7 Å². The van der Waals surface area contributed by atoms with Gasteiger partial charge in [-0.15, -0.1) is 0 Å². The minimum atomic E-state index is 0.176. The summed E-state index contributed by atoms with van der Waals surface area (Å²) in [5.41, 5.74) is 6.61. The number of ether oxygens (including phenoxy) is 1. The number of nitrogens with zero attached hydrogens (tertiary/aromatic N) is 1. The van der Waals surface area contributed by atoms with E-state index in [1.165, 1.54) is 5.56 Å². The van der Waals surface area contributed by atoms with Gasteiger partial charge in [-0.2, -0.15) is 0 Å². The normalized spacial score (nSPS) is 13.3. The van der Waals surface area contributed by atoms with Gasteiger partial charge in [0.2, 0.25) is 0 Å². The van der Waals surface area contributed by atoms with Crippen LogP contribution in [0.4, 0.5) is 0 Å². The summed E-state index contributed by atoms with van der Waals surface area (Å²) in [4.78, 5) is 0. The molecule has 5 heteroatoms. The Bertz CT molecular complexity index is 394. The Morgan fingerprint density at radius 3 is 2.89 bits per heavy atom. The van der Waals surface area contributed by atoms with Gasteiger partial charge in [-0.1, -0.05) is 23.4 Å². The van der Waals surface area contributed by atoms with Crippen LogP contribution >= 0.6 is 0 Å². The first kappa shape index (κ1) is 14.3. The van der Waals surface area contributed by atoms with E-state index in [2.05, 4.69) is 16.5 Å². The SMILES string of the molecule is COc1ccccc1CCNC(C)C/C(N)=N/O.